The summed E-state index contributed by atoms with van der Waals surface area (Å²) in [6, 6.07) is 0. The van der Waals surface area contributed by atoms with Crippen molar-refractivity contribution in [2.75, 3.05) is 37.8 Å². The first kappa shape index (κ1) is 27.6. The lowest BCUT2D eigenvalue weighted by Crippen LogP contribution is -2.39. The zero-order valence-corrected chi connectivity index (χ0v) is 21.7. The van der Waals surface area contributed by atoms with Gasteiger partial charge in [0.1, 0.15) is 17.4 Å². The summed E-state index contributed by atoms with van der Waals surface area (Å²) in [4.78, 5) is 26.9. The van der Waals surface area contributed by atoms with Crippen molar-refractivity contribution < 1.29 is 28.2 Å². The molecule has 0 aromatic carbocycles. The molecule has 11 heteroatoms. The number of ether oxygens (including phenoxy) is 1. The highest BCUT2D eigenvalue weighted by Gasteiger charge is 2.26. The van der Waals surface area contributed by atoms with Crippen LogP contribution in [-0.2, 0) is 21.0 Å². The fourth-order valence-corrected chi connectivity index (χ4v) is 4.88. The average Bonchev–Trinajstić information content (AvgIpc) is 3.26. The van der Waals surface area contributed by atoms with E-state index in [4.69, 9.17) is 4.74 Å². The number of aliphatic hydroxyl groups excluding tert-OH is 2. The fourth-order valence-electron chi connectivity index (χ4n) is 3.67. The van der Waals surface area contributed by atoms with Gasteiger partial charge in [0.15, 0.2) is 21.3 Å². The highest BCUT2D eigenvalue weighted by atomic mass is 32.2. The van der Waals surface area contributed by atoms with Gasteiger partial charge in [-0.1, -0.05) is 33.4 Å². The number of rotatable bonds is 10. The number of nitrogens with one attached hydrogen (secondary N) is 1. The second-order valence-corrected chi connectivity index (χ2v) is 12.0. The van der Waals surface area contributed by atoms with E-state index in [0.717, 1.165) is 0 Å². The number of sulfone groups is 1. The van der Waals surface area contributed by atoms with Crippen molar-refractivity contribution in [2.45, 2.75) is 33.3 Å². The monoisotopic (exact) mass is 518 g/mol. The zero-order chi connectivity index (χ0) is 26.5. The van der Waals surface area contributed by atoms with E-state index in [1.54, 1.807) is 18.5 Å². The standard InChI is InChI=1S/C25H34N4O6S/c1-5-19(35-20(15-30)16-31)12-18(29-8-10-36(33,34)11-9-29)7-6-17-13-26-24-22(28-17)21(14-27-24)23(32)25(2,3)4/h5,7,12-14,20,30-31H,1,6,8-11,15-16H2,2-4H3,(H,26,27)/b18-7+,19-12+. The first-order valence-corrected chi connectivity index (χ1v) is 13.6. The van der Waals surface area contributed by atoms with Gasteiger partial charge >= 0.3 is 0 Å². The van der Waals surface area contributed by atoms with Gasteiger partial charge in [-0.3, -0.25) is 4.79 Å². The SMILES string of the molecule is C=C/C(=C\C(=C/Cc1cnc2[nH]cc(C(=O)C(C)(C)C)c2n1)N1CCS(=O)(=O)CC1)OC(CO)CO. The van der Waals surface area contributed by atoms with Crippen LogP contribution in [0.15, 0.2) is 48.7 Å². The second-order valence-electron chi connectivity index (χ2n) is 9.67. The van der Waals surface area contributed by atoms with Gasteiger partial charge in [-0.05, 0) is 6.08 Å². The van der Waals surface area contributed by atoms with Crippen LogP contribution in [0.2, 0.25) is 0 Å². The Morgan fingerprint density at radius 3 is 2.53 bits per heavy atom. The molecular weight excluding hydrogens is 484 g/mol. The van der Waals surface area contributed by atoms with Crippen molar-refractivity contribution in [1.82, 2.24) is 19.9 Å². The summed E-state index contributed by atoms with van der Waals surface area (Å²) in [7, 11) is -3.09. The molecular formula is C25H34N4O6S. The molecule has 0 spiro atoms. The Labute approximate surface area is 211 Å². The van der Waals surface area contributed by atoms with Gasteiger partial charge < -0.3 is 24.8 Å². The molecule has 1 saturated heterocycles. The molecule has 1 aliphatic rings. The quantitative estimate of drug-likeness (QED) is 0.243. The molecule has 2 aromatic heterocycles. The molecule has 196 valence electrons. The summed E-state index contributed by atoms with van der Waals surface area (Å²) in [6.45, 7) is 9.17. The lowest BCUT2D eigenvalue weighted by Gasteiger charge is -2.30. The fraction of sp³-hybridized carbons (Fsp3) is 0.480. The highest BCUT2D eigenvalue weighted by Crippen LogP contribution is 2.25. The maximum Gasteiger partial charge on any atom is 0.171 e. The Morgan fingerprint density at radius 1 is 1.28 bits per heavy atom. The second kappa shape index (κ2) is 11.4. The molecule has 0 atom stereocenters. The minimum Gasteiger partial charge on any atom is -0.486 e. The van der Waals surface area contributed by atoms with Crippen LogP contribution in [0.1, 0.15) is 36.8 Å². The first-order valence-electron chi connectivity index (χ1n) is 11.7. The number of carbonyl (C=O) groups excluding carboxylic acids is 1. The van der Waals surface area contributed by atoms with E-state index in [9.17, 15) is 23.4 Å². The van der Waals surface area contributed by atoms with Crippen molar-refractivity contribution in [2.24, 2.45) is 5.41 Å². The number of nitrogens with zero attached hydrogens (tertiary/aromatic N) is 3. The van der Waals surface area contributed by atoms with Crippen LogP contribution in [0.5, 0.6) is 0 Å². The minimum absolute atomic E-state index is 0.0335. The number of hydrogen-bond donors (Lipinski definition) is 3. The van der Waals surface area contributed by atoms with E-state index in [1.807, 2.05) is 31.7 Å². The molecule has 3 heterocycles. The third-order valence-corrected chi connectivity index (χ3v) is 7.40. The summed E-state index contributed by atoms with van der Waals surface area (Å²) < 4.78 is 29.5. The van der Waals surface area contributed by atoms with Gasteiger partial charge in [-0.2, -0.15) is 0 Å². The molecule has 1 fully saturated rings. The molecule has 0 aliphatic carbocycles. The van der Waals surface area contributed by atoms with Crippen molar-refractivity contribution in [3.8, 4) is 0 Å². The first-order chi connectivity index (χ1) is 17.0. The van der Waals surface area contributed by atoms with Gasteiger partial charge in [0.2, 0.25) is 0 Å². The predicted octanol–water partition coefficient (Wildman–Crippen LogP) is 1.78. The number of allylic oxidation sites excluding steroid dienone is 3. The number of carbonyl (C=O) groups is 1. The molecule has 2 aromatic rings. The van der Waals surface area contributed by atoms with E-state index in [1.165, 1.54) is 6.08 Å². The largest absolute Gasteiger partial charge is 0.486 e. The van der Waals surface area contributed by atoms with Crippen LogP contribution in [0.3, 0.4) is 0 Å². The number of aromatic amines is 1. The van der Waals surface area contributed by atoms with Gasteiger partial charge in [-0.25, -0.2) is 18.4 Å². The number of hydrogen-bond acceptors (Lipinski definition) is 9. The van der Waals surface area contributed by atoms with Gasteiger partial charge in [0, 0.05) is 42.9 Å². The Hall–Kier alpha value is -3.02. The molecule has 0 amide bonds. The van der Waals surface area contributed by atoms with Crippen molar-refractivity contribution in [1.29, 1.82) is 0 Å². The van der Waals surface area contributed by atoms with E-state index in [-0.39, 0.29) is 30.5 Å². The van der Waals surface area contributed by atoms with Crippen LogP contribution in [0, 0.1) is 5.41 Å². The van der Waals surface area contributed by atoms with Crippen LogP contribution in [-0.4, -0.2) is 88.2 Å². The van der Waals surface area contributed by atoms with Gasteiger partial charge in [0.05, 0.1) is 42.2 Å². The van der Waals surface area contributed by atoms with Gasteiger partial charge in [0.25, 0.3) is 0 Å². The van der Waals surface area contributed by atoms with Crippen LogP contribution in [0.25, 0.3) is 11.2 Å². The summed E-state index contributed by atoms with van der Waals surface area (Å²) in [5.41, 5.74) is 2.27. The molecule has 1 aliphatic heterocycles. The molecule has 0 unspecified atom stereocenters. The predicted molar refractivity (Wildman–Crippen MR) is 137 cm³/mol. The van der Waals surface area contributed by atoms with Crippen LogP contribution >= 0.6 is 0 Å². The molecule has 0 saturated carbocycles. The van der Waals surface area contributed by atoms with Crippen molar-refractivity contribution in [3.63, 3.8) is 0 Å². The Bertz CT molecular complexity index is 1260. The Kier molecular flexibility index (Phi) is 8.70. The molecule has 36 heavy (non-hydrogen) atoms. The van der Waals surface area contributed by atoms with E-state index >= 15 is 0 Å². The topological polar surface area (TPSA) is 146 Å². The molecule has 0 radical (unpaired) electrons. The Balaban J connectivity index is 1.94. The number of Topliss-reactive ketones (excluding diaryl/α,β-unsaturated/α-hetero) is 1. The maximum atomic E-state index is 12.8. The third-order valence-electron chi connectivity index (χ3n) is 5.79. The number of H-pyrrole nitrogens is 1. The summed E-state index contributed by atoms with van der Waals surface area (Å²) in [5, 5.41) is 18.7. The average molecular weight is 519 g/mol. The number of ketones is 1. The number of fused-ring (bicyclic) bond motifs is 1. The molecule has 10 nitrogen and oxygen atoms in total. The maximum absolute atomic E-state index is 12.8. The molecule has 3 rings (SSSR count). The van der Waals surface area contributed by atoms with Crippen molar-refractivity contribution >= 4 is 26.8 Å². The molecule has 0 bridgehead atoms. The van der Waals surface area contributed by atoms with Gasteiger partial charge in [-0.15, -0.1) is 0 Å². The van der Waals surface area contributed by atoms with Crippen LogP contribution in [0.4, 0.5) is 0 Å². The summed E-state index contributed by atoms with van der Waals surface area (Å²) in [5.74, 6) is 0.356. The summed E-state index contributed by atoms with van der Waals surface area (Å²) in [6.07, 6.45) is 7.85. The Morgan fingerprint density at radius 2 is 1.94 bits per heavy atom. The number of aromatic nitrogens is 3. The van der Waals surface area contributed by atoms with E-state index in [2.05, 4.69) is 21.5 Å². The number of aliphatic hydroxyl groups is 2. The summed E-state index contributed by atoms with van der Waals surface area (Å²) >= 11 is 0. The highest BCUT2D eigenvalue weighted by molar-refractivity contribution is 7.91. The smallest absolute Gasteiger partial charge is 0.171 e. The van der Waals surface area contributed by atoms with Crippen LogP contribution < -0.4 is 0 Å². The molecule has 3 N–H and O–H groups in total. The lowest BCUT2D eigenvalue weighted by atomic mass is 9.87. The normalized spacial score (nSPS) is 17.0. The van der Waals surface area contributed by atoms with E-state index in [0.29, 0.717) is 53.4 Å². The minimum atomic E-state index is -3.09. The third kappa shape index (κ3) is 6.80. The lowest BCUT2D eigenvalue weighted by molar-refractivity contribution is 0.0220. The van der Waals surface area contributed by atoms with Crippen molar-refractivity contribution in [3.05, 3.63) is 59.9 Å². The zero-order valence-electron chi connectivity index (χ0n) is 20.9. The van der Waals surface area contributed by atoms with E-state index < -0.39 is 21.4 Å².